The van der Waals surface area contributed by atoms with Crippen molar-refractivity contribution in [2.75, 3.05) is 31.5 Å². The SMILES string of the molecule is CC(NC(=O)C1CCCN(C(=O)N2CCCC2)C1)c1cccc(NC(=O)c2ccccc2)c1. The first kappa shape index (κ1) is 22.8. The molecule has 2 saturated heterocycles. The third kappa shape index (κ3) is 5.72. The van der Waals surface area contributed by atoms with E-state index in [9.17, 15) is 14.4 Å². The van der Waals surface area contributed by atoms with Crippen molar-refractivity contribution in [3.63, 3.8) is 0 Å². The van der Waals surface area contributed by atoms with Crippen LogP contribution >= 0.6 is 0 Å². The minimum Gasteiger partial charge on any atom is -0.349 e. The van der Waals surface area contributed by atoms with Crippen LogP contribution in [-0.4, -0.2) is 53.8 Å². The molecule has 2 heterocycles. The van der Waals surface area contributed by atoms with Crippen molar-refractivity contribution in [2.24, 2.45) is 5.92 Å². The van der Waals surface area contributed by atoms with Crippen molar-refractivity contribution in [2.45, 2.75) is 38.6 Å². The molecule has 0 aromatic heterocycles. The van der Waals surface area contributed by atoms with E-state index in [-0.39, 0.29) is 29.8 Å². The highest BCUT2D eigenvalue weighted by Crippen LogP contribution is 2.23. The van der Waals surface area contributed by atoms with Crippen molar-refractivity contribution in [3.8, 4) is 0 Å². The van der Waals surface area contributed by atoms with Crippen LogP contribution in [0.25, 0.3) is 0 Å². The third-order valence-electron chi connectivity index (χ3n) is 6.48. The molecule has 2 unspecified atom stereocenters. The zero-order chi connectivity index (χ0) is 23.2. The van der Waals surface area contributed by atoms with Crippen molar-refractivity contribution >= 4 is 23.5 Å². The van der Waals surface area contributed by atoms with Crippen molar-refractivity contribution in [1.29, 1.82) is 0 Å². The van der Waals surface area contributed by atoms with Gasteiger partial charge in [-0.1, -0.05) is 30.3 Å². The summed E-state index contributed by atoms with van der Waals surface area (Å²) >= 11 is 0. The Morgan fingerprint density at radius 3 is 2.39 bits per heavy atom. The summed E-state index contributed by atoms with van der Waals surface area (Å²) in [7, 11) is 0. The maximum atomic E-state index is 13.0. The Balaban J connectivity index is 1.34. The van der Waals surface area contributed by atoms with Gasteiger partial charge in [0.25, 0.3) is 5.91 Å². The molecule has 0 radical (unpaired) electrons. The van der Waals surface area contributed by atoms with Crippen LogP contribution in [0.3, 0.4) is 0 Å². The average Bonchev–Trinajstić information content (AvgIpc) is 3.39. The van der Waals surface area contributed by atoms with Gasteiger partial charge in [0.2, 0.25) is 5.91 Å². The molecule has 33 heavy (non-hydrogen) atoms. The fraction of sp³-hybridized carbons (Fsp3) is 0.423. The predicted octanol–water partition coefficient (Wildman–Crippen LogP) is 4.04. The van der Waals surface area contributed by atoms with Crippen LogP contribution in [0.5, 0.6) is 0 Å². The largest absolute Gasteiger partial charge is 0.349 e. The summed E-state index contributed by atoms with van der Waals surface area (Å²) < 4.78 is 0. The Kier molecular flexibility index (Phi) is 7.27. The smallest absolute Gasteiger partial charge is 0.320 e. The number of amides is 4. The third-order valence-corrected chi connectivity index (χ3v) is 6.48. The van der Waals surface area contributed by atoms with Gasteiger partial charge in [0.1, 0.15) is 0 Å². The summed E-state index contributed by atoms with van der Waals surface area (Å²) in [5, 5.41) is 6.02. The van der Waals surface area contributed by atoms with E-state index in [2.05, 4.69) is 10.6 Å². The van der Waals surface area contributed by atoms with Gasteiger partial charge >= 0.3 is 6.03 Å². The zero-order valence-electron chi connectivity index (χ0n) is 19.1. The molecule has 7 heteroatoms. The van der Waals surface area contributed by atoms with Gasteiger partial charge < -0.3 is 20.4 Å². The Bertz CT molecular complexity index is 988. The van der Waals surface area contributed by atoms with Crippen LogP contribution in [0, 0.1) is 5.92 Å². The quantitative estimate of drug-likeness (QED) is 0.724. The van der Waals surface area contributed by atoms with Gasteiger partial charge in [-0.25, -0.2) is 4.79 Å². The lowest BCUT2D eigenvalue weighted by atomic mass is 9.96. The first-order valence-corrected chi connectivity index (χ1v) is 11.8. The van der Waals surface area contributed by atoms with Crippen LogP contribution in [-0.2, 0) is 4.79 Å². The molecule has 2 aromatic carbocycles. The van der Waals surface area contributed by atoms with E-state index in [0.717, 1.165) is 50.9 Å². The number of nitrogens with zero attached hydrogens (tertiary/aromatic N) is 2. The molecule has 4 rings (SSSR count). The molecule has 2 atom stereocenters. The monoisotopic (exact) mass is 448 g/mol. The van der Waals surface area contributed by atoms with E-state index in [4.69, 9.17) is 0 Å². The highest BCUT2D eigenvalue weighted by Gasteiger charge is 2.32. The minimum absolute atomic E-state index is 0.0276. The number of hydrogen-bond donors (Lipinski definition) is 2. The van der Waals surface area contributed by atoms with E-state index in [1.807, 2.05) is 59.2 Å². The van der Waals surface area contributed by atoms with Gasteiger partial charge in [-0.2, -0.15) is 0 Å². The van der Waals surface area contributed by atoms with Crippen LogP contribution in [0.2, 0.25) is 0 Å². The molecule has 0 spiro atoms. The second-order valence-electron chi connectivity index (χ2n) is 8.94. The van der Waals surface area contributed by atoms with Gasteiger partial charge in [-0.3, -0.25) is 9.59 Å². The molecule has 4 amide bonds. The maximum absolute atomic E-state index is 13.0. The van der Waals surface area contributed by atoms with Crippen molar-refractivity contribution in [1.82, 2.24) is 15.1 Å². The lowest BCUT2D eigenvalue weighted by molar-refractivity contribution is -0.127. The highest BCUT2D eigenvalue weighted by molar-refractivity contribution is 6.04. The van der Waals surface area contributed by atoms with Gasteiger partial charge in [0.15, 0.2) is 0 Å². The van der Waals surface area contributed by atoms with Crippen LogP contribution in [0.15, 0.2) is 54.6 Å². The number of piperidine rings is 1. The number of carbonyl (C=O) groups is 3. The Morgan fingerprint density at radius 2 is 1.64 bits per heavy atom. The average molecular weight is 449 g/mol. The number of anilines is 1. The summed E-state index contributed by atoms with van der Waals surface area (Å²) in [5.41, 5.74) is 2.19. The molecule has 2 aliphatic rings. The molecule has 2 fully saturated rings. The van der Waals surface area contributed by atoms with E-state index in [1.54, 1.807) is 12.1 Å². The van der Waals surface area contributed by atoms with Crippen LogP contribution < -0.4 is 10.6 Å². The highest BCUT2D eigenvalue weighted by atomic mass is 16.2. The summed E-state index contributed by atoms with van der Waals surface area (Å²) in [6.07, 6.45) is 3.75. The van der Waals surface area contributed by atoms with Gasteiger partial charge in [0, 0.05) is 37.4 Å². The summed E-state index contributed by atoms with van der Waals surface area (Å²) in [4.78, 5) is 41.9. The fourth-order valence-corrected chi connectivity index (χ4v) is 4.57. The van der Waals surface area contributed by atoms with Crippen LogP contribution in [0.4, 0.5) is 10.5 Å². The molecule has 0 aliphatic carbocycles. The zero-order valence-corrected chi connectivity index (χ0v) is 19.1. The second-order valence-corrected chi connectivity index (χ2v) is 8.94. The molecule has 2 N–H and O–H groups in total. The number of hydrogen-bond acceptors (Lipinski definition) is 3. The van der Waals surface area contributed by atoms with Gasteiger partial charge in [-0.05, 0) is 62.4 Å². The van der Waals surface area contributed by atoms with E-state index < -0.39 is 0 Å². The molecule has 2 aliphatic heterocycles. The molecule has 0 bridgehead atoms. The Hall–Kier alpha value is -3.35. The number of nitrogens with one attached hydrogen (secondary N) is 2. The van der Waals surface area contributed by atoms with E-state index in [1.165, 1.54) is 0 Å². The fourth-order valence-electron chi connectivity index (χ4n) is 4.57. The normalized spacial score (nSPS) is 19.1. The van der Waals surface area contributed by atoms with E-state index >= 15 is 0 Å². The first-order valence-electron chi connectivity index (χ1n) is 11.8. The molecule has 2 aromatic rings. The van der Waals surface area contributed by atoms with Crippen molar-refractivity contribution in [3.05, 3.63) is 65.7 Å². The van der Waals surface area contributed by atoms with Crippen LogP contribution in [0.1, 0.15) is 54.6 Å². The van der Waals surface area contributed by atoms with E-state index in [0.29, 0.717) is 17.8 Å². The van der Waals surface area contributed by atoms with Crippen molar-refractivity contribution < 1.29 is 14.4 Å². The first-order chi connectivity index (χ1) is 16.0. The summed E-state index contributed by atoms with van der Waals surface area (Å²) in [6, 6.07) is 16.4. The lowest BCUT2D eigenvalue weighted by Gasteiger charge is -2.35. The Morgan fingerprint density at radius 1 is 0.909 bits per heavy atom. The number of rotatable bonds is 5. The Labute approximate surface area is 195 Å². The second kappa shape index (κ2) is 10.5. The number of carbonyl (C=O) groups excluding carboxylic acids is 3. The van der Waals surface area contributed by atoms with Gasteiger partial charge in [0.05, 0.1) is 12.0 Å². The lowest BCUT2D eigenvalue weighted by Crippen LogP contribution is -2.49. The molecule has 0 saturated carbocycles. The standard InChI is InChI=1S/C26H32N4O3/c1-19(21-11-7-13-23(17-21)28-24(31)20-9-3-2-4-10-20)27-25(32)22-12-8-16-30(18-22)26(33)29-14-5-6-15-29/h2-4,7,9-11,13,17,19,22H,5-6,8,12,14-16,18H2,1H3,(H,27,32)(H,28,31). The predicted molar refractivity (Wildman–Crippen MR) is 128 cm³/mol. The maximum Gasteiger partial charge on any atom is 0.320 e. The van der Waals surface area contributed by atoms with Gasteiger partial charge in [-0.15, -0.1) is 0 Å². The molecule has 174 valence electrons. The minimum atomic E-state index is -0.212. The summed E-state index contributed by atoms with van der Waals surface area (Å²) in [5.74, 6) is -0.400. The number of benzene rings is 2. The topological polar surface area (TPSA) is 81.8 Å². The number of urea groups is 1. The summed E-state index contributed by atoms with van der Waals surface area (Å²) in [6.45, 7) is 4.77. The molecule has 7 nitrogen and oxygen atoms in total. The molecular formula is C26H32N4O3. The molecular weight excluding hydrogens is 416 g/mol. The number of likely N-dealkylation sites (tertiary alicyclic amines) is 2.